The van der Waals surface area contributed by atoms with Gasteiger partial charge in [-0.05, 0) is 19.3 Å². The molecule has 0 spiro atoms. The zero-order valence-electron chi connectivity index (χ0n) is 28.0. The molecule has 0 radical (unpaired) electrons. The zero-order chi connectivity index (χ0) is 30.9. The Balaban J connectivity index is 4.26. The molecule has 0 aromatic carbocycles. The molecule has 0 rings (SSSR count). The topological polar surface area (TPSA) is 78.9 Å². The van der Waals surface area contributed by atoms with E-state index < -0.39 is 6.10 Å². The highest BCUT2D eigenvalue weighted by atomic mass is 16.6. The summed E-state index contributed by atoms with van der Waals surface area (Å²) in [5.41, 5.74) is 0. The fraction of sp³-hybridized carbons (Fsp3) is 0.917. The van der Waals surface area contributed by atoms with Crippen molar-refractivity contribution in [2.24, 2.45) is 0 Å². The number of rotatable bonds is 32. The SMILES string of the molecule is CCCCCCCCCCCCC(=O)OC[C@@H](COC(=O)CCCCCCCCCCC)OC(=O)CCCCCCC. The molecule has 0 heterocycles. The van der Waals surface area contributed by atoms with E-state index in [-0.39, 0.29) is 31.1 Å². The second-order valence-electron chi connectivity index (χ2n) is 12.2. The molecule has 0 aromatic rings. The molecule has 0 saturated carbocycles. The van der Waals surface area contributed by atoms with Gasteiger partial charge in [0.2, 0.25) is 0 Å². The molecule has 0 aliphatic carbocycles. The maximum atomic E-state index is 12.4. The Hall–Kier alpha value is -1.59. The van der Waals surface area contributed by atoms with E-state index in [1.807, 2.05) is 0 Å². The van der Waals surface area contributed by atoms with E-state index in [1.54, 1.807) is 0 Å². The predicted molar refractivity (Wildman–Crippen MR) is 173 cm³/mol. The Morgan fingerprint density at radius 1 is 0.381 bits per heavy atom. The number of hydrogen-bond acceptors (Lipinski definition) is 6. The van der Waals surface area contributed by atoms with E-state index in [4.69, 9.17) is 14.2 Å². The van der Waals surface area contributed by atoms with Crippen LogP contribution in [0.5, 0.6) is 0 Å². The Morgan fingerprint density at radius 3 is 0.952 bits per heavy atom. The molecular formula is C36H68O6. The first-order chi connectivity index (χ1) is 20.5. The van der Waals surface area contributed by atoms with Crippen molar-refractivity contribution in [3.8, 4) is 0 Å². The van der Waals surface area contributed by atoms with Crippen molar-refractivity contribution in [1.82, 2.24) is 0 Å². The van der Waals surface area contributed by atoms with E-state index in [0.29, 0.717) is 19.3 Å². The largest absolute Gasteiger partial charge is 0.462 e. The lowest BCUT2D eigenvalue weighted by atomic mass is 10.1. The van der Waals surface area contributed by atoms with Crippen LogP contribution in [0.15, 0.2) is 0 Å². The molecule has 0 bridgehead atoms. The van der Waals surface area contributed by atoms with Crippen molar-refractivity contribution in [3.05, 3.63) is 0 Å². The molecule has 42 heavy (non-hydrogen) atoms. The third-order valence-electron chi connectivity index (χ3n) is 7.86. The van der Waals surface area contributed by atoms with Gasteiger partial charge in [-0.3, -0.25) is 14.4 Å². The molecule has 0 unspecified atom stereocenters. The second-order valence-corrected chi connectivity index (χ2v) is 12.2. The average Bonchev–Trinajstić information content (AvgIpc) is 2.98. The van der Waals surface area contributed by atoms with Crippen LogP contribution in [0.1, 0.15) is 194 Å². The van der Waals surface area contributed by atoms with Crippen molar-refractivity contribution in [2.75, 3.05) is 13.2 Å². The molecule has 0 aromatic heterocycles. The first-order valence-electron chi connectivity index (χ1n) is 18.0. The van der Waals surface area contributed by atoms with E-state index in [9.17, 15) is 14.4 Å². The average molecular weight is 597 g/mol. The van der Waals surface area contributed by atoms with Gasteiger partial charge in [0.25, 0.3) is 0 Å². The van der Waals surface area contributed by atoms with Crippen molar-refractivity contribution >= 4 is 17.9 Å². The molecule has 0 fully saturated rings. The summed E-state index contributed by atoms with van der Waals surface area (Å²) in [6, 6.07) is 0. The first-order valence-corrected chi connectivity index (χ1v) is 18.0. The summed E-state index contributed by atoms with van der Waals surface area (Å²) in [4.78, 5) is 37.0. The van der Waals surface area contributed by atoms with Crippen LogP contribution < -0.4 is 0 Å². The molecule has 1 atom stereocenters. The van der Waals surface area contributed by atoms with Crippen LogP contribution in [0.2, 0.25) is 0 Å². The smallest absolute Gasteiger partial charge is 0.306 e. The number of esters is 3. The van der Waals surface area contributed by atoms with Gasteiger partial charge in [0.1, 0.15) is 13.2 Å². The fourth-order valence-electron chi connectivity index (χ4n) is 5.09. The fourth-order valence-corrected chi connectivity index (χ4v) is 5.09. The quantitative estimate of drug-likeness (QED) is 0.0436. The zero-order valence-corrected chi connectivity index (χ0v) is 28.0. The van der Waals surface area contributed by atoms with E-state index in [1.165, 1.54) is 89.9 Å². The van der Waals surface area contributed by atoms with Gasteiger partial charge in [0.05, 0.1) is 0 Å². The van der Waals surface area contributed by atoms with Crippen molar-refractivity contribution in [3.63, 3.8) is 0 Å². The molecule has 0 saturated heterocycles. The molecular weight excluding hydrogens is 528 g/mol. The highest BCUT2D eigenvalue weighted by molar-refractivity contribution is 5.71. The predicted octanol–water partition coefficient (Wildman–Crippen LogP) is 10.6. The maximum Gasteiger partial charge on any atom is 0.306 e. The van der Waals surface area contributed by atoms with Crippen molar-refractivity contribution in [1.29, 1.82) is 0 Å². The van der Waals surface area contributed by atoms with Gasteiger partial charge >= 0.3 is 17.9 Å². The van der Waals surface area contributed by atoms with Crippen LogP contribution in [0.4, 0.5) is 0 Å². The van der Waals surface area contributed by atoms with Crippen LogP contribution in [-0.2, 0) is 28.6 Å². The number of unbranched alkanes of at least 4 members (excludes halogenated alkanes) is 21. The molecule has 0 aliphatic heterocycles. The minimum atomic E-state index is -0.753. The lowest BCUT2D eigenvalue weighted by molar-refractivity contribution is -0.167. The van der Waals surface area contributed by atoms with E-state index >= 15 is 0 Å². The van der Waals surface area contributed by atoms with Crippen LogP contribution in [0, 0.1) is 0 Å². The van der Waals surface area contributed by atoms with Crippen molar-refractivity contribution in [2.45, 2.75) is 200 Å². The third kappa shape index (κ3) is 29.9. The first kappa shape index (κ1) is 40.4. The summed E-state index contributed by atoms with van der Waals surface area (Å²) in [5, 5.41) is 0. The van der Waals surface area contributed by atoms with Gasteiger partial charge in [-0.1, -0.05) is 156 Å². The summed E-state index contributed by atoms with van der Waals surface area (Å²) < 4.78 is 16.4. The maximum absolute atomic E-state index is 12.4. The summed E-state index contributed by atoms with van der Waals surface area (Å²) >= 11 is 0. The van der Waals surface area contributed by atoms with Crippen LogP contribution in [0.3, 0.4) is 0 Å². The van der Waals surface area contributed by atoms with E-state index in [0.717, 1.165) is 64.2 Å². The summed E-state index contributed by atoms with van der Waals surface area (Å²) in [6.07, 6.45) is 28.3. The van der Waals surface area contributed by atoms with E-state index in [2.05, 4.69) is 20.8 Å². The Kier molecular flexibility index (Phi) is 31.1. The highest BCUT2D eigenvalue weighted by Gasteiger charge is 2.19. The van der Waals surface area contributed by atoms with Gasteiger partial charge < -0.3 is 14.2 Å². The van der Waals surface area contributed by atoms with Gasteiger partial charge in [-0.15, -0.1) is 0 Å². The normalized spacial score (nSPS) is 11.8. The molecule has 6 heteroatoms. The second kappa shape index (κ2) is 32.3. The molecule has 0 N–H and O–H groups in total. The van der Waals surface area contributed by atoms with Crippen LogP contribution >= 0.6 is 0 Å². The third-order valence-corrected chi connectivity index (χ3v) is 7.86. The van der Waals surface area contributed by atoms with Gasteiger partial charge in [-0.25, -0.2) is 0 Å². The van der Waals surface area contributed by atoms with Crippen LogP contribution in [0.25, 0.3) is 0 Å². The minimum absolute atomic E-state index is 0.0660. The van der Waals surface area contributed by atoms with Gasteiger partial charge in [0, 0.05) is 19.3 Å². The summed E-state index contributed by atoms with van der Waals surface area (Å²) in [7, 11) is 0. The minimum Gasteiger partial charge on any atom is -0.462 e. The van der Waals surface area contributed by atoms with Crippen molar-refractivity contribution < 1.29 is 28.6 Å². The number of carbonyl (C=O) groups excluding carboxylic acids is 3. The summed E-state index contributed by atoms with van der Waals surface area (Å²) in [6.45, 7) is 6.50. The standard InChI is InChI=1S/C36H68O6/c1-4-7-10-13-15-17-19-21-24-26-29-35(38)41-32-33(42-36(39)30-27-22-12-9-6-3)31-40-34(37)28-25-23-20-18-16-14-11-8-5-2/h33H,4-32H2,1-3H3/t33-/m1/s1. The number of carbonyl (C=O) groups is 3. The lowest BCUT2D eigenvalue weighted by Gasteiger charge is -2.18. The Morgan fingerprint density at radius 2 is 0.643 bits per heavy atom. The number of ether oxygens (including phenoxy) is 3. The number of hydrogen-bond donors (Lipinski definition) is 0. The molecule has 0 amide bonds. The monoisotopic (exact) mass is 597 g/mol. The highest BCUT2D eigenvalue weighted by Crippen LogP contribution is 2.13. The lowest BCUT2D eigenvalue weighted by Crippen LogP contribution is -2.30. The van der Waals surface area contributed by atoms with Gasteiger partial charge in [-0.2, -0.15) is 0 Å². The molecule has 0 aliphatic rings. The Bertz CT molecular complexity index is 620. The Labute approximate surface area is 259 Å². The van der Waals surface area contributed by atoms with Gasteiger partial charge in [0.15, 0.2) is 6.10 Å². The van der Waals surface area contributed by atoms with Crippen LogP contribution in [-0.4, -0.2) is 37.2 Å². The molecule has 6 nitrogen and oxygen atoms in total. The molecule has 248 valence electrons. The summed E-state index contributed by atoms with van der Waals surface area (Å²) in [5.74, 6) is -0.885.